The van der Waals surface area contributed by atoms with E-state index < -0.39 is 22.0 Å². The van der Waals surface area contributed by atoms with E-state index in [1.807, 2.05) is 99.2 Å². The molecule has 24 heteroatoms. The van der Waals surface area contributed by atoms with Crippen molar-refractivity contribution in [2.45, 2.75) is 86.5 Å². The van der Waals surface area contributed by atoms with Crippen LogP contribution in [0.2, 0.25) is 20.1 Å². The predicted molar refractivity (Wildman–Crippen MR) is 332 cm³/mol. The number of carbonyl (C=O) groups is 2. The SMILES string of the molecule is Cc1cc(S(=O)N2CC[C@@H](COCCOCCNC(=O)NCCCCNC(=O)NCCOCCOC[C@@H]3CCN(S(=O)c4ccc(O[C@H]5c6cc(Cl)cc(Cl)c6C[C@@H]5N(C)C)c(C)c4)C3)C2)ccc1O[C@H]1c2cc(Cl)cc(Cl)c2C[C@@H]1N(C)C. The number of ether oxygens (including phenoxy) is 6. The zero-order chi connectivity index (χ0) is 59.9. The number of likely N-dealkylation sites (N-methyl/N-ethyl adjacent to an activating group) is 2. The van der Waals surface area contributed by atoms with Crippen LogP contribution in [-0.4, -0.2) is 184 Å². The van der Waals surface area contributed by atoms with E-state index in [0.717, 1.165) is 80.4 Å². The molecule has 2 fully saturated rings. The molecule has 0 saturated carbocycles. The molecule has 4 amide bonds. The average molecular weight is 1280 g/mol. The molecule has 4 aliphatic rings. The maximum Gasteiger partial charge on any atom is 0.314 e. The summed E-state index contributed by atoms with van der Waals surface area (Å²) in [6.45, 7) is 11.9. The van der Waals surface area contributed by atoms with Crippen molar-refractivity contribution in [1.29, 1.82) is 0 Å². The number of benzene rings is 4. The molecule has 8 atom stereocenters. The number of fused-ring (bicyclic) bond motifs is 2. The van der Waals surface area contributed by atoms with Gasteiger partial charge in [0.15, 0.2) is 0 Å². The van der Waals surface area contributed by atoms with E-state index >= 15 is 0 Å². The van der Waals surface area contributed by atoms with Crippen LogP contribution >= 0.6 is 46.4 Å². The lowest BCUT2D eigenvalue weighted by Crippen LogP contribution is -2.39. The molecule has 462 valence electrons. The summed E-state index contributed by atoms with van der Waals surface area (Å²) in [4.78, 5) is 30.2. The number of unbranched alkanes of at least 4 members (excludes halogenated alkanes) is 1. The Kier molecular flexibility index (Phi) is 25.5. The fraction of sp³-hybridized carbons (Fsp3) is 0.567. The molecular formula is C60H82Cl4N8O10S2. The first kappa shape index (κ1) is 66.1. The van der Waals surface area contributed by atoms with Crippen molar-refractivity contribution in [2.24, 2.45) is 11.8 Å². The zero-order valence-corrected chi connectivity index (χ0v) is 53.7. The lowest BCUT2D eigenvalue weighted by atomic mass is 10.1. The van der Waals surface area contributed by atoms with Gasteiger partial charge >= 0.3 is 12.1 Å². The maximum atomic E-state index is 13.6. The summed E-state index contributed by atoms with van der Waals surface area (Å²) in [7, 11) is 5.52. The molecule has 2 saturated heterocycles. The van der Waals surface area contributed by atoms with Gasteiger partial charge in [-0.05, 0) is 175 Å². The van der Waals surface area contributed by atoms with Gasteiger partial charge in [0.25, 0.3) is 0 Å². The molecule has 0 radical (unpaired) electrons. The minimum atomic E-state index is -1.31. The van der Waals surface area contributed by atoms with E-state index in [0.29, 0.717) is 138 Å². The van der Waals surface area contributed by atoms with Crippen LogP contribution in [0.4, 0.5) is 9.59 Å². The summed E-state index contributed by atoms with van der Waals surface area (Å²) in [5.41, 5.74) is 5.94. The molecule has 2 unspecified atom stereocenters. The normalized spacial score (nSPS) is 21.2. The third-order valence-electron chi connectivity index (χ3n) is 15.7. The van der Waals surface area contributed by atoms with Gasteiger partial charge in [0.05, 0.1) is 74.7 Å². The van der Waals surface area contributed by atoms with Crippen LogP contribution in [0.1, 0.15) is 71.3 Å². The summed E-state index contributed by atoms with van der Waals surface area (Å²) in [5, 5.41) is 13.7. The predicted octanol–water partition coefficient (Wildman–Crippen LogP) is 8.96. The number of nitrogens with zero attached hydrogens (tertiary/aromatic N) is 4. The maximum absolute atomic E-state index is 13.6. The van der Waals surface area contributed by atoms with Crippen molar-refractivity contribution in [3.8, 4) is 11.5 Å². The van der Waals surface area contributed by atoms with Gasteiger partial charge in [0.2, 0.25) is 0 Å². The van der Waals surface area contributed by atoms with Crippen LogP contribution in [-0.2, 0) is 53.8 Å². The second-order valence-corrected chi connectivity index (χ2v) is 27.0. The third kappa shape index (κ3) is 18.4. The highest BCUT2D eigenvalue weighted by Crippen LogP contribution is 2.44. The van der Waals surface area contributed by atoms with Gasteiger partial charge in [-0.15, -0.1) is 0 Å². The van der Waals surface area contributed by atoms with Gasteiger partial charge in [-0.1, -0.05) is 46.4 Å². The molecule has 2 aliphatic heterocycles. The molecule has 4 N–H and O–H groups in total. The van der Waals surface area contributed by atoms with Crippen molar-refractivity contribution >= 4 is 80.4 Å². The summed E-state index contributed by atoms with van der Waals surface area (Å²) in [5.74, 6) is 2.00. The second kappa shape index (κ2) is 32.4. The van der Waals surface area contributed by atoms with E-state index in [9.17, 15) is 18.0 Å². The Morgan fingerprint density at radius 1 is 0.548 bits per heavy atom. The second-order valence-electron chi connectivity index (χ2n) is 22.3. The van der Waals surface area contributed by atoms with Crippen LogP contribution in [0.5, 0.6) is 11.5 Å². The van der Waals surface area contributed by atoms with Crippen molar-refractivity contribution < 1.29 is 46.4 Å². The van der Waals surface area contributed by atoms with Gasteiger partial charge in [-0.25, -0.2) is 26.6 Å². The molecule has 18 nitrogen and oxygen atoms in total. The summed E-state index contributed by atoms with van der Waals surface area (Å²) >= 11 is 25.9. The summed E-state index contributed by atoms with van der Waals surface area (Å²) in [6, 6.07) is 18.6. The number of hydrogen-bond donors (Lipinski definition) is 4. The molecule has 0 spiro atoms. The molecule has 2 heterocycles. The largest absolute Gasteiger partial charge is 0.484 e. The topological polar surface area (TPSA) is 185 Å². The smallest absolute Gasteiger partial charge is 0.314 e. The standard InChI is InChI=1S/C60H82Cl4N8O10S2/c1-39-27-45(9-11-55(39)81-57-49-29-43(61)31-51(63)47(49)33-53(57)69(3)4)83(75)71-19-13-41(35-71)37-79-25-23-77-21-17-67-59(73)65-15-7-8-16-66-60(74)68-18-22-78-24-26-80-38-42-14-20-72(36-42)84(76)46-10-12-56(40(2)28-46)82-58-50-30-44(62)32-52(64)48(50)34-54(58)70(5)6/h9-12,27-32,41-42,53-54,57-58H,7-8,13-26,33-38H2,1-6H3,(H2,65,67,73)(H2,66,68,74)/t41-,42-,53+,54+,57+,58+,83?,84?/m1/s1. The molecule has 2 aliphatic carbocycles. The number of nitrogens with one attached hydrogen (secondary N) is 4. The lowest BCUT2D eigenvalue weighted by Gasteiger charge is -2.28. The number of halogens is 4. The Hall–Kier alpha value is -3.84. The van der Waals surface area contributed by atoms with Crippen molar-refractivity contribution in [3.05, 3.63) is 114 Å². The Morgan fingerprint density at radius 3 is 1.33 bits per heavy atom. The van der Waals surface area contributed by atoms with Crippen molar-refractivity contribution in [1.82, 2.24) is 39.7 Å². The number of hydrogen-bond acceptors (Lipinski definition) is 12. The van der Waals surface area contributed by atoms with Crippen LogP contribution < -0.4 is 30.7 Å². The molecule has 0 bridgehead atoms. The highest BCUT2D eigenvalue weighted by molar-refractivity contribution is 7.83. The Labute approximate surface area is 520 Å². The average Bonchev–Trinajstić information content (AvgIpc) is 2.72. The van der Waals surface area contributed by atoms with Crippen LogP contribution in [0, 0.1) is 25.7 Å². The molecule has 84 heavy (non-hydrogen) atoms. The Morgan fingerprint density at radius 2 is 0.940 bits per heavy atom. The first-order valence-electron chi connectivity index (χ1n) is 28.9. The number of amides is 4. The van der Waals surface area contributed by atoms with Crippen LogP contribution in [0.15, 0.2) is 70.5 Å². The Bertz CT molecular complexity index is 2720. The van der Waals surface area contributed by atoms with Gasteiger partial charge in [-0.3, -0.25) is 0 Å². The molecule has 4 aromatic rings. The molecular weight excluding hydrogens is 1200 g/mol. The third-order valence-corrected chi connectivity index (χ3v) is 19.7. The van der Waals surface area contributed by atoms with E-state index in [1.54, 1.807) is 12.1 Å². The molecule has 8 rings (SSSR count). The summed E-state index contributed by atoms with van der Waals surface area (Å²) < 4.78 is 67.6. The number of carbonyl (C=O) groups excluding carboxylic acids is 2. The van der Waals surface area contributed by atoms with Crippen LogP contribution in [0.25, 0.3) is 0 Å². The highest BCUT2D eigenvalue weighted by Gasteiger charge is 2.40. The minimum Gasteiger partial charge on any atom is -0.484 e. The molecule has 4 aromatic carbocycles. The van der Waals surface area contributed by atoms with Crippen molar-refractivity contribution in [3.63, 3.8) is 0 Å². The van der Waals surface area contributed by atoms with E-state index in [2.05, 4.69) is 31.1 Å². The van der Waals surface area contributed by atoms with E-state index in [1.165, 1.54) is 0 Å². The monoisotopic (exact) mass is 1280 g/mol. The Balaban J connectivity index is 0.580. The van der Waals surface area contributed by atoms with Crippen molar-refractivity contribution in [2.75, 3.05) is 133 Å². The number of rotatable bonds is 31. The van der Waals surface area contributed by atoms with Gasteiger partial charge in [-0.2, -0.15) is 0 Å². The number of aryl methyl sites for hydroxylation is 2. The first-order valence-corrected chi connectivity index (χ1v) is 32.7. The zero-order valence-electron chi connectivity index (χ0n) is 49.0. The highest BCUT2D eigenvalue weighted by atomic mass is 35.5. The quantitative estimate of drug-likeness (QED) is 0.0352. The molecule has 0 aromatic heterocycles. The fourth-order valence-electron chi connectivity index (χ4n) is 11.1. The number of urea groups is 2. The van der Waals surface area contributed by atoms with Crippen LogP contribution in [0.3, 0.4) is 0 Å². The lowest BCUT2D eigenvalue weighted by molar-refractivity contribution is 0.0366. The van der Waals surface area contributed by atoms with E-state index in [-0.39, 0.29) is 48.2 Å². The minimum absolute atomic E-state index is 0.0932. The summed E-state index contributed by atoms with van der Waals surface area (Å²) in [6.07, 6.45) is 4.23. The van der Waals surface area contributed by atoms with Gasteiger partial charge in [0.1, 0.15) is 45.7 Å². The van der Waals surface area contributed by atoms with Gasteiger partial charge < -0.3 is 59.5 Å². The van der Waals surface area contributed by atoms with E-state index in [4.69, 9.17) is 74.8 Å². The first-order chi connectivity index (χ1) is 40.4. The fourth-order valence-corrected chi connectivity index (χ4v) is 15.0. The van der Waals surface area contributed by atoms with Gasteiger partial charge in [0, 0.05) is 83.6 Å².